The predicted octanol–water partition coefficient (Wildman–Crippen LogP) is 3.67. The van der Waals surface area contributed by atoms with Crippen LogP contribution < -0.4 is 0 Å². The van der Waals surface area contributed by atoms with E-state index in [0.717, 1.165) is 23.7 Å². The summed E-state index contributed by atoms with van der Waals surface area (Å²) >= 11 is 4.20. The van der Waals surface area contributed by atoms with Gasteiger partial charge in [-0.2, -0.15) is 12.6 Å². The first-order valence-corrected chi connectivity index (χ1v) is 6.59. The summed E-state index contributed by atoms with van der Waals surface area (Å²) in [5.74, 6) is 2.40. The summed E-state index contributed by atoms with van der Waals surface area (Å²) < 4.78 is 0. The van der Waals surface area contributed by atoms with Crippen molar-refractivity contribution < 1.29 is 0 Å². The number of H-pyrrole nitrogens is 1. The molecule has 90 valence electrons. The van der Waals surface area contributed by atoms with Gasteiger partial charge < -0.3 is 4.98 Å². The van der Waals surface area contributed by atoms with Crippen LogP contribution in [0.5, 0.6) is 0 Å². The molecule has 0 aliphatic heterocycles. The molecule has 1 heterocycles. The predicted molar refractivity (Wildman–Crippen MR) is 75.7 cm³/mol. The van der Waals surface area contributed by atoms with Crippen molar-refractivity contribution in [3.05, 3.63) is 41.9 Å². The molecule has 3 heteroatoms. The normalized spacial score (nSPS) is 11.1. The topological polar surface area (TPSA) is 28.7 Å². The van der Waals surface area contributed by atoms with Gasteiger partial charge in [0.25, 0.3) is 0 Å². The first-order chi connectivity index (χ1) is 8.20. The highest BCUT2D eigenvalue weighted by molar-refractivity contribution is 7.80. The summed E-state index contributed by atoms with van der Waals surface area (Å²) in [6.45, 7) is 4.41. The highest BCUT2D eigenvalue weighted by atomic mass is 32.1. The molecule has 0 saturated heterocycles. The number of hydrogen-bond donors (Lipinski definition) is 2. The van der Waals surface area contributed by atoms with Crippen molar-refractivity contribution in [2.75, 3.05) is 5.75 Å². The van der Waals surface area contributed by atoms with Crippen molar-refractivity contribution in [2.45, 2.75) is 26.2 Å². The average Bonchev–Trinajstić information content (AvgIpc) is 2.78. The van der Waals surface area contributed by atoms with Crippen molar-refractivity contribution in [2.24, 2.45) is 0 Å². The van der Waals surface area contributed by atoms with Gasteiger partial charge in [-0.1, -0.05) is 38.1 Å². The number of aromatic amines is 1. The lowest BCUT2D eigenvalue weighted by atomic mass is 10.0. The monoisotopic (exact) mass is 246 g/mol. The van der Waals surface area contributed by atoms with Crippen molar-refractivity contribution in [3.63, 3.8) is 0 Å². The Kier molecular flexibility index (Phi) is 3.89. The SMILES string of the molecule is CC(C)c1ccc(-c2cnc(CCS)[nH]2)cc1. The van der Waals surface area contributed by atoms with Gasteiger partial charge in [0, 0.05) is 6.42 Å². The maximum atomic E-state index is 4.34. The van der Waals surface area contributed by atoms with E-state index >= 15 is 0 Å². The average molecular weight is 246 g/mol. The fourth-order valence-electron chi connectivity index (χ4n) is 1.79. The van der Waals surface area contributed by atoms with Crippen LogP contribution in [0.4, 0.5) is 0 Å². The van der Waals surface area contributed by atoms with E-state index in [0.29, 0.717) is 5.92 Å². The van der Waals surface area contributed by atoms with Crippen LogP contribution in [0.25, 0.3) is 11.3 Å². The van der Waals surface area contributed by atoms with Gasteiger partial charge in [-0.05, 0) is 22.8 Å². The van der Waals surface area contributed by atoms with Gasteiger partial charge in [-0.15, -0.1) is 0 Å². The second kappa shape index (κ2) is 5.41. The minimum Gasteiger partial charge on any atom is -0.342 e. The van der Waals surface area contributed by atoms with Crippen LogP contribution in [0, 0.1) is 0 Å². The van der Waals surface area contributed by atoms with Crippen LogP contribution in [0.1, 0.15) is 31.2 Å². The zero-order valence-electron chi connectivity index (χ0n) is 10.3. The van der Waals surface area contributed by atoms with Gasteiger partial charge in [0.1, 0.15) is 5.82 Å². The van der Waals surface area contributed by atoms with Crippen LogP contribution in [0.3, 0.4) is 0 Å². The van der Waals surface area contributed by atoms with Gasteiger partial charge in [0.05, 0.1) is 11.9 Å². The van der Waals surface area contributed by atoms with Gasteiger partial charge >= 0.3 is 0 Å². The summed E-state index contributed by atoms with van der Waals surface area (Å²) in [4.78, 5) is 7.65. The Labute approximate surface area is 108 Å². The Bertz CT molecular complexity index is 471. The zero-order chi connectivity index (χ0) is 12.3. The van der Waals surface area contributed by atoms with Crippen molar-refractivity contribution in [3.8, 4) is 11.3 Å². The number of imidazole rings is 1. The molecular weight excluding hydrogens is 228 g/mol. The van der Waals surface area contributed by atoms with Crippen molar-refractivity contribution >= 4 is 12.6 Å². The van der Waals surface area contributed by atoms with Crippen LogP contribution >= 0.6 is 12.6 Å². The Morgan fingerprint density at radius 3 is 2.53 bits per heavy atom. The molecule has 0 fully saturated rings. The van der Waals surface area contributed by atoms with Crippen LogP contribution in [0.15, 0.2) is 30.5 Å². The molecule has 0 atom stereocenters. The molecule has 0 aliphatic carbocycles. The molecule has 1 aromatic heterocycles. The number of aryl methyl sites for hydroxylation is 1. The summed E-state index contributed by atoms with van der Waals surface area (Å²) in [5.41, 5.74) is 3.63. The Balaban J connectivity index is 2.21. The fourth-order valence-corrected chi connectivity index (χ4v) is 2.00. The molecule has 0 unspecified atom stereocenters. The minimum absolute atomic E-state index is 0.575. The van der Waals surface area contributed by atoms with E-state index < -0.39 is 0 Å². The summed E-state index contributed by atoms with van der Waals surface area (Å²) in [6.07, 6.45) is 2.77. The second-order valence-corrected chi connectivity index (χ2v) is 4.94. The van der Waals surface area contributed by atoms with E-state index in [1.807, 2.05) is 6.20 Å². The van der Waals surface area contributed by atoms with Crippen LogP contribution in [0.2, 0.25) is 0 Å². The van der Waals surface area contributed by atoms with E-state index in [-0.39, 0.29) is 0 Å². The number of nitrogens with one attached hydrogen (secondary N) is 1. The molecule has 0 spiro atoms. The van der Waals surface area contributed by atoms with Crippen molar-refractivity contribution in [1.29, 1.82) is 0 Å². The van der Waals surface area contributed by atoms with E-state index in [1.54, 1.807) is 0 Å². The molecule has 0 saturated carbocycles. The van der Waals surface area contributed by atoms with E-state index in [4.69, 9.17) is 0 Å². The quantitative estimate of drug-likeness (QED) is 0.792. The zero-order valence-corrected chi connectivity index (χ0v) is 11.2. The van der Waals surface area contributed by atoms with Crippen LogP contribution in [-0.4, -0.2) is 15.7 Å². The summed E-state index contributed by atoms with van der Waals surface area (Å²) in [5, 5.41) is 0. The maximum absolute atomic E-state index is 4.34. The molecule has 2 aromatic rings. The Hall–Kier alpha value is -1.22. The number of benzene rings is 1. The molecule has 0 bridgehead atoms. The number of rotatable bonds is 4. The smallest absolute Gasteiger partial charge is 0.107 e. The van der Waals surface area contributed by atoms with Gasteiger partial charge in [-0.25, -0.2) is 4.98 Å². The van der Waals surface area contributed by atoms with Crippen molar-refractivity contribution in [1.82, 2.24) is 9.97 Å². The lowest BCUT2D eigenvalue weighted by Crippen LogP contribution is -1.89. The molecule has 0 amide bonds. The molecule has 1 aromatic carbocycles. The number of nitrogens with zero attached hydrogens (tertiary/aromatic N) is 1. The molecule has 0 aliphatic rings. The van der Waals surface area contributed by atoms with Crippen LogP contribution in [-0.2, 0) is 6.42 Å². The standard InChI is InChI=1S/C14H18N2S/c1-10(2)11-3-5-12(6-4-11)13-9-15-14(16-13)7-8-17/h3-6,9-10,17H,7-8H2,1-2H3,(H,15,16). The lowest BCUT2D eigenvalue weighted by Gasteiger charge is -2.05. The van der Waals surface area contributed by atoms with E-state index in [1.165, 1.54) is 11.1 Å². The third-order valence-corrected chi connectivity index (χ3v) is 3.09. The highest BCUT2D eigenvalue weighted by Gasteiger charge is 2.04. The van der Waals surface area contributed by atoms with Gasteiger partial charge in [0.2, 0.25) is 0 Å². The Morgan fingerprint density at radius 2 is 1.94 bits per heavy atom. The lowest BCUT2D eigenvalue weighted by molar-refractivity contribution is 0.867. The Morgan fingerprint density at radius 1 is 1.24 bits per heavy atom. The first kappa shape index (κ1) is 12.2. The largest absolute Gasteiger partial charge is 0.342 e. The van der Waals surface area contributed by atoms with E-state index in [9.17, 15) is 0 Å². The molecule has 17 heavy (non-hydrogen) atoms. The fraction of sp³-hybridized carbons (Fsp3) is 0.357. The first-order valence-electron chi connectivity index (χ1n) is 5.96. The summed E-state index contributed by atoms with van der Waals surface area (Å²) in [6, 6.07) is 8.65. The third-order valence-electron chi connectivity index (χ3n) is 2.87. The number of thiol groups is 1. The number of aromatic nitrogens is 2. The summed E-state index contributed by atoms with van der Waals surface area (Å²) in [7, 11) is 0. The molecule has 2 nitrogen and oxygen atoms in total. The molecular formula is C14H18N2S. The molecule has 0 radical (unpaired) electrons. The third kappa shape index (κ3) is 2.91. The molecule has 2 rings (SSSR count). The van der Waals surface area contributed by atoms with Gasteiger partial charge in [0.15, 0.2) is 0 Å². The molecule has 1 N–H and O–H groups in total. The highest BCUT2D eigenvalue weighted by Crippen LogP contribution is 2.21. The second-order valence-electron chi connectivity index (χ2n) is 4.49. The van der Waals surface area contributed by atoms with Gasteiger partial charge in [-0.3, -0.25) is 0 Å². The maximum Gasteiger partial charge on any atom is 0.107 e. The minimum atomic E-state index is 0.575. The van der Waals surface area contributed by atoms with E-state index in [2.05, 4.69) is 60.7 Å². The number of hydrogen-bond acceptors (Lipinski definition) is 2.